The maximum atomic E-state index is 9.81. The summed E-state index contributed by atoms with van der Waals surface area (Å²) < 4.78 is 0. The number of benzene rings is 6. The molecule has 6 aromatic carbocycles. The molecule has 0 saturated carbocycles. The Balaban J connectivity index is 0.000000242. The summed E-state index contributed by atoms with van der Waals surface area (Å²) in [5.74, 6) is 0.281. The van der Waals surface area contributed by atoms with Crippen molar-refractivity contribution in [1.82, 2.24) is 4.98 Å². The number of H-pyrrole nitrogens is 1. The number of aromatic nitrogens is 1. The molecule has 0 spiro atoms. The maximum Gasteiger partial charge on any atom is 0.123 e. The van der Waals surface area contributed by atoms with Gasteiger partial charge in [-0.05, 0) is 60.0 Å². The fourth-order valence-corrected chi connectivity index (χ4v) is 5.69. The summed E-state index contributed by atoms with van der Waals surface area (Å²) in [6, 6.07) is 45.4. The van der Waals surface area contributed by atoms with Crippen LogP contribution in [0, 0.1) is 27.0 Å². The molecule has 0 bridgehead atoms. The Morgan fingerprint density at radius 1 is 0.484 bits per heavy atom. The fraction of sp³-hybridized carbons (Fsp3) is 0.0600. The Morgan fingerprint density at radius 2 is 0.903 bits per heavy atom. The van der Waals surface area contributed by atoms with Crippen LogP contribution in [0.2, 0.25) is 0 Å². The zero-order chi connectivity index (χ0) is 44.5. The van der Waals surface area contributed by atoms with Gasteiger partial charge in [-0.25, -0.2) is 0 Å². The molecule has 7 aromatic rings. The zero-order valence-corrected chi connectivity index (χ0v) is 34.0. The molecule has 1 aromatic heterocycles. The number of rotatable bonds is 10. The molecule has 62 heavy (non-hydrogen) atoms. The van der Waals surface area contributed by atoms with Crippen molar-refractivity contribution in [3.63, 3.8) is 0 Å². The molecule has 12 nitrogen and oxygen atoms in total. The van der Waals surface area contributed by atoms with Gasteiger partial charge >= 0.3 is 0 Å². The first-order valence-corrected chi connectivity index (χ1v) is 19.0. The molecule has 17 N–H and O–H groups in total. The van der Waals surface area contributed by atoms with Crippen molar-refractivity contribution in [3.05, 3.63) is 196 Å². The van der Waals surface area contributed by atoms with Gasteiger partial charge in [0.05, 0.1) is 0 Å². The van der Waals surface area contributed by atoms with E-state index in [0.717, 1.165) is 50.0 Å². The maximum absolute atomic E-state index is 9.81. The van der Waals surface area contributed by atoms with Crippen LogP contribution in [0.1, 0.15) is 64.4 Å². The Kier molecular flexibility index (Phi) is 18.0. The predicted molar refractivity (Wildman–Crippen MR) is 262 cm³/mol. The lowest BCUT2D eigenvalue weighted by Gasteiger charge is -2.02. The highest BCUT2D eigenvalue weighted by molar-refractivity contribution is 6.01. The number of nitrogens with two attached hydrogens (primary N) is 5. The second-order valence-corrected chi connectivity index (χ2v) is 13.4. The highest BCUT2D eigenvalue weighted by Crippen LogP contribution is 2.26. The van der Waals surface area contributed by atoms with Crippen LogP contribution >= 0.6 is 0 Å². The summed E-state index contributed by atoms with van der Waals surface area (Å²) >= 11 is 0. The zero-order valence-electron chi connectivity index (χ0n) is 34.0. The molecule has 1 heterocycles. The number of phenolic OH excluding ortho intramolecular Hbond substituents is 1. The van der Waals surface area contributed by atoms with Crippen LogP contribution in [0.3, 0.4) is 0 Å². The molecule has 7 rings (SSSR count). The third-order valence-corrected chi connectivity index (χ3v) is 9.07. The van der Waals surface area contributed by atoms with Gasteiger partial charge < -0.3 is 44.2 Å². The Morgan fingerprint density at radius 3 is 1.35 bits per heavy atom. The highest BCUT2D eigenvalue weighted by Gasteiger charge is 2.06. The van der Waals surface area contributed by atoms with E-state index in [-0.39, 0.29) is 36.5 Å². The van der Waals surface area contributed by atoms with E-state index < -0.39 is 0 Å². The van der Waals surface area contributed by atoms with Gasteiger partial charge in [0.15, 0.2) is 0 Å². The topological polar surface area (TPSA) is 285 Å². The van der Waals surface area contributed by atoms with Crippen LogP contribution in [0.4, 0.5) is 0 Å². The number of phenols is 1. The molecule has 0 radical (unpaired) electrons. The van der Waals surface area contributed by atoms with Gasteiger partial charge in [-0.15, -0.1) is 0 Å². The number of hydrogen-bond donors (Lipinski definition) is 12. The van der Waals surface area contributed by atoms with E-state index in [1.54, 1.807) is 19.1 Å². The van der Waals surface area contributed by atoms with E-state index in [4.69, 9.17) is 50.0 Å². The molecule has 0 saturated heterocycles. The van der Waals surface area contributed by atoms with Gasteiger partial charge in [-0.3, -0.25) is 21.6 Å². The highest BCUT2D eigenvalue weighted by atomic mass is 16.3. The molecule has 0 aliphatic carbocycles. The number of nitrogens with one attached hydrogen (secondary N) is 6. The van der Waals surface area contributed by atoms with E-state index in [2.05, 4.69) is 16.8 Å². The average Bonchev–Trinajstić information content (AvgIpc) is 3.71. The van der Waals surface area contributed by atoms with Crippen molar-refractivity contribution < 1.29 is 5.11 Å². The SMILES string of the molecule is C.CC(=N)c1ccc2cc(-c3ccc(C(=N)N)cc3)[nH]c2c1.CN.N=C(N)c1ccc(/C=C/c2ccc(C(=N)N)cc2)cc1.N=C(N)c1ccc(/C=C/c2ccccc2)c(O)c1. The summed E-state index contributed by atoms with van der Waals surface area (Å²) in [5.41, 5.74) is 37.2. The van der Waals surface area contributed by atoms with Gasteiger partial charge in [-0.2, -0.15) is 0 Å². The summed E-state index contributed by atoms with van der Waals surface area (Å²) in [4.78, 5) is 3.37. The first-order chi connectivity index (χ1) is 29.3. The Bertz CT molecular complexity index is 2620. The largest absolute Gasteiger partial charge is 0.507 e. The molecular weight excluding hydrogens is 771 g/mol. The minimum absolute atomic E-state index is 0. The lowest BCUT2D eigenvalue weighted by molar-refractivity contribution is 0.474. The molecule has 316 valence electrons. The molecule has 0 aliphatic heterocycles. The van der Waals surface area contributed by atoms with Gasteiger partial charge in [0.1, 0.15) is 29.1 Å². The second kappa shape index (κ2) is 23.3. The monoisotopic (exact) mass is 825 g/mol. The molecule has 0 amide bonds. The van der Waals surface area contributed by atoms with Crippen LogP contribution in [-0.2, 0) is 0 Å². The first-order valence-electron chi connectivity index (χ1n) is 19.0. The minimum Gasteiger partial charge on any atom is -0.507 e. The Hall–Kier alpha value is -8.35. The fourth-order valence-electron chi connectivity index (χ4n) is 5.69. The average molecular weight is 826 g/mol. The molecule has 0 aliphatic rings. The van der Waals surface area contributed by atoms with Crippen LogP contribution in [0.15, 0.2) is 146 Å². The van der Waals surface area contributed by atoms with Crippen LogP contribution < -0.4 is 28.7 Å². The Labute approximate surface area is 363 Å². The van der Waals surface area contributed by atoms with Gasteiger partial charge in [0.25, 0.3) is 0 Å². The molecular formula is C50H55N11O. The lowest BCUT2D eigenvalue weighted by Crippen LogP contribution is -2.10. The van der Waals surface area contributed by atoms with Crippen LogP contribution in [0.5, 0.6) is 5.75 Å². The number of amidine groups is 4. The van der Waals surface area contributed by atoms with Gasteiger partial charge in [0, 0.05) is 50.1 Å². The summed E-state index contributed by atoms with van der Waals surface area (Å²) in [5, 5.41) is 48.0. The molecule has 0 unspecified atom stereocenters. The van der Waals surface area contributed by atoms with Crippen molar-refractivity contribution in [2.45, 2.75) is 14.4 Å². The third-order valence-electron chi connectivity index (χ3n) is 9.07. The van der Waals surface area contributed by atoms with E-state index in [9.17, 15) is 5.11 Å². The molecule has 0 fully saturated rings. The number of nitrogen functional groups attached to an aromatic ring is 4. The van der Waals surface area contributed by atoms with E-state index >= 15 is 0 Å². The first kappa shape index (κ1) is 48.0. The number of hydrogen-bond acceptors (Lipinski definition) is 7. The number of aromatic amines is 1. The van der Waals surface area contributed by atoms with E-state index in [0.29, 0.717) is 28.0 Å². The van der Waals surface area contributed by atoms with Gasteiger partial charge in [-0.1, -0.05) is 159 Å². The van der Waals surface area contributed by atoms with Crippen molar-refractivity contribution in [1.29, 1.82) is 27.0 Å². The molecule has 12 heteroatoms. The third kappa shape index (κ3) is 13.9. The van der Waals surface area contributed by atoms with Crippen molar-refractivity contribution in [3.8, 4) is 17.0 Å². The summed E-state index contributed by atoms with van der Waals surface area (Å²) in [6.07, 6.45) is 7.70. The normalized spacial score (nSPS) is 10.2. The second-order valence-electron chi connectivity index (χ2n) is 13.4. The quantitative estimate of drug-likeness (QED) is 0.0363. The summed E-state index contributed by atoms with van der Waals surface area (Å²) in [7, 11) is 1.50. The van der Waals surface area contributed by atoms with Crippen LogP contribution in [0.25, 0.3) is 46.5 Å². The minimum atomic E-state index is -0.0520. The van der Waals surface area contributed by atoms with Gasteiger partial charge in [0.2, 0.25) is 0 Å². The van der Waals surface area contributed by atoms with Crippen molar-refractivity contribution in [2.24, 2.45) is 28.7 Å². The van der Waals surface area contributed by atoms with E-state index in [1.807, 2.05) is 146 Å². The van der Waals surface area contributed by atoms with Crippen molar-refractivity contribution in [2.75, 3.05) is 7.05 Å². The van der Waals surface area contributed by atoms with Crippen molar-refractivity contribution >= 4 is 64.3 Å². The van der Waals surface area contributed by atoms with Crippen LogP contribution in [-0.4, -0.2) is 46.2 Å². The standard InChI is InChI=1S/C17H16N4.C16H16N4.C15H14N2O.CH5N.CH4/c1-10(18)13-6-7-14-9-15(21-16(14)8-13)11-2-4-12(5-3-11)17(19)20;17-15(18)13-7-3-11(4-8-13)1-2-12-5-9-14(10-6-12)16(19)20;16-15(17)13-9-8-12(14(18)10-13)7-6-11-4-2-1-3-5-11;1-2;/h2-9,18,21H,1H3,(H3,19,20);1-10H,(H3,17,18)(H3,19,20);1-10,18H,(H3,16,17);2H2,1H3;1H4/b;2-1+;7-6+;;. The number of fused-ring (bicyclic) bond motifs is 1. The molecule has 0 atom stereocenters. The number of aromatic hydroxyl groups is 1. The predicted octanol–water partition coefficient (Wildman–Crippen LogP) is 8.99. The lowest BCUT2D eigenvalue weighted by atomic mass is 10.1. The summed E-state index contributed by atoms with van der Waals surface area (Å²) in [6.45, 7) is 1.78. The smallest absolute Gasteiger partial charge is 0.123 e. The van der Waals surface area contributed by atoms with E-state index in [1.165, 1.54) is 13.1 Å².